The summed E-state index contributed by atoms with van der Waals surface area (Å²) >= 11 is 0. The zero-order valence-electron chi connectivity index (χ0n) is 79.7. The van der Waals surface area contributed by atoms with Gasteiger partial charge in [-0.1, -0.05) is 285 Å². The number of benzene rings is 14. The molecule has 16 aromatic rings. The number of hydrogen-bond donors (Lipinski definition) is 6. The average molecular weight is 1910 g/mol. The molecule has 0 saturated carbocycles. The van der Waals surface area contributed by atoms with Gasteiger partial charge in [0.05, 0.1) is 59.3 Å². The van der Waals surface area contributed by atoms with Gasteiger partial charge in [-0.15, -0.1) is 5.10 Å². The molecule has 722 valence electrons. The number of aromatic nitrogens is 3. The minimum absolute atomic E-state index is 0.0369. The van der Waals surface area contributed by atoms with Crippen LogP contribution in [0, 0.1) is 12.8 Å². The SMILES string of the molecule is COC(c1ccccc1)(c1ccccc1)[C@H](Oc1ccc(C)nn1)C(=O)O.COc1ccc(C2OC(=O)C(c3ccc4c(c3)OCO4)=C2Cc2cc(OC)c(OC)c(OC)c2)cc1.COc1cccc(CC(NC(=O)C(c2ccccc2)c2ccccc2)C(=O)O)c1OCCc1ccccc1.C[C@](Cc1c[nH]c2ccccc12)(NC(=O)C(Cc1cccc2ccccc12)Cc1cccc2ccccc12)C(=O)O. The third-order valence-electron chi connectivity index (χ3n) is 25.1. The quantitative estimate of drug-likeness (QED) is 0.0199. The number of aryl methyl sites for hydroxylation is 1. The molecule has 14 aromatic carbocycles. The number of carbonyl (C=O) groups excluding carboxylic acids is 3. The molecular formula is C117H109N5O20. The zero-order chi connectivity index (χ0) is 99.7. The van der Waals surface area contributed by atoms with E-state index in [-0.39, 0.29) is 37.3 Å². The number of aliphatic carboxylic acids is 3. The second kappa shape index (κ2) is 46.9. The van der Waals surface area contributed by atoms with E-state index in [1.54, 1.807) is 85.8 Å². The van der Waals surface area contributed by atoms with E-state index >= 15 is 0 Å². The second-order valence-corrected chi connectivity index (χ2v) is 34.2. The summed E-state index contributed by atoms with van der Waals surface area (Å²) in [6.07, 6.45) is 2.13. The van der Waals surface area contributed by atoms with Crippen LogP contribution < -0.4 is 53.3 Å². The topological polar surface area (TPSA) is 330 Å². The lowest BCUT2D eigenvalue weighted by atomic mass is 9.81. The van der Waals surface area contributed by atoms with E-state index in [2.05, 4.69) is 74.3 Å². The Morgan fingerprint density at radius 1 is 0.493 bits per heavy atom. The average Bonchev–Trinajstić information content (AvgIpc) is 1.40. The van der Waals surface area contributed by atoms with Crippen LogP contribution in [0.5, 0.6) is 51.9 Å². The standard InChI is InChI=1S/C36H32N2O3.C32H31NO5.C28H26O8.C21H20N2O4/c1-36(35(40)41,22-29-23-37-33-19-7-6-18-32(29)33)38-34(39)28(20-26-14-8-12-24-10-2-4-16-30(24)26)21-27-15-9-13-25-11-3-5-17-31(25)27;1-37-28-19-11-18-26(30(28)38-21-20-23-12-5-2-6-13-23)22-27(32(35)36)33-31(34)29(24-14-7-3-8-15-24)25-16-9-4-10-17-25;1-30-19-8-5-17(6-9-19)26-20(11-16-12-23(31-2)27(33-4)24(13-16)32-3)25(28(29)36-26)18-7-10-21-22(14-18)35-15-34-21;1-15-13-14-18(23-22-15)27-19(20(24)25)21(26-2,16-9-5-3-6-10-16)17-11-7-4-8-12-17/h2-19,23,28,37H,20-22H2,1H3,(H,38,39)(H,40,41);2-19,27,29H,20-22H2,1H3,(H,33,34)(H,35,36);5-10,12-14,26H,11,15H2,1-4H3;3-14,19H,1-2H3,(H,24,25)/t36-;;;19-/m1..1/s1. The number of rotatable bonds is 36. The number of H-pyrrole nitrogens is 1. The number of carbonyl (C=O) groups is 6. The van der Waals surface area contributed by atoms with Crippen LogP contribution >= 0.6 is 0 Å². The second-order valence-electron chi connectivity index (χ2n) is 34.2. The van der Waals surface area contributed by atoms with Gasteiger partial charge in [0.25, 0.3) is 0 Å². The van der Waals surface area contributed by atoms with E-state index < -0.39 is 65.1 Å². The molecular weight excluding hydrogens is 1800 g/mol. The van der Waals surface area contributed by atoms with Crippen molar-refractivity contribution < 1.29 is 96.2 Å². The Morgan fingerprint density at radius 3 is 1.58 bits per heavy atom. The van der Waals surface area contributed by atoms with Gasteiger partial charge in [-0.2, -0.15) is 5.10 Å². The van der Waals surface area contributed by atoms with Crippen molar-refractivity contribution >= 4 is 73.7 Å². The first-order valence-electron chi connectivity index (χ1n) is 46.2. The lowest BCUT2D eigenvalue weighted by Gasteiger charge is -2.37. The molecule has 4 atom stereocenters. The van der Waals surface area contributed by atoms with E-state index in [1.807, 2.05) is 267 Å². The summed E-state index contributed by atoms with van der Waals surface area (Å²) in [5, 5.41) is 49.5. The first-order chi connectivity index (χ1) is 69.1. The Hall–Kier alpha value is -17.1. The number of para-hydroxylation sites is 2. The maximum absolute atomic E-state index is 14.2. The van der Waals surface area contributed by atoms with Gasteiger partial charge < -0.3 is 83.0 Å². The first-order valence-corrected chi connectivity index (χ1v) is 46.2. The fourth-order valence-corrected chi connectivity index (χ4v) is 18.0. The fraction of sp³-hybridized carbons (Fsp3) is 0.197. The lowest BCUT2D eigenvalue weighted by molar-refractivity contribution is -0.160. The molecule has 2 unspecified atom stereocenters. The fourth-order valence-electron chi connectivity index (χ4n) is 18.0. The van der Waals surface area contributed by atoms with Gasteiger partial charge in [0, 0.05) is 61.0 Å². The number of aromatic amines is 1. The molecule has 25 nitrogen and oxygen atoms in total. The van der Waals surface area contributed by atoms with Crippen molar-refractivity contribution in [1.29, 1.82) is 0 Å². The molecule has 2 aliphatic rings. The number of amides is 2. The van der Waals surface area contributed by atoms with Crippen molar-refractivity contribution in [2.75, 3.05) is 56.1 Å². The first kappa shape index (κ1) is 99.4. The Kier molecular flexibility index (Phi) is 32.8. The number of carboxylic acids is 3. The summed E-state index contributed by atoms with van der Waals surface area (Å²) in [5.74, 6) is -0.936. The largest absolute Gasteiger partial charge is 0.497 e. The van der Waals surface area contributed by atoms with Gasteiger partial charge in [0.2, 0.25) is 36.3 Å². The molecule has 18 rings (SSSR count). The summed E-state index contributed by atoms with van der Waals surface area (Å²) in [6, 6.07) is 108. The van der Waals surface area contributed by atoms with E-state index in [0.29, 0.717) is 112 Å². The molecule has 0 bridgehead atoms. The highest BCUT2D eigenvalue weighted by atomic mass is 16.7. The predicted octanol–water partition coefficient (Wildman–Crippen LogP) is 20.3. The Labute approximate surface area is 822 Å². The van der Waals surface area contributed by atoms with Gasteiger partial charge in [0.1, 0.15) is 23.4 Å². The number of nitrogens with zero attached hydrogens (tertiary/aromatic N) is 2. The van der Waals surface area contributed by atoms with E-state index in [0.717, 1.165) is 82.5 Å². The Bertz CT molecular complexity index is 6900. The van der Waals surface area contributed by atoms with Gasteiger partial charge in [-0.3, -0.25) is 9.59 Å². The molecule has 2 aromatic heterocycles. The van der Waals surface area contributed by atoms with Crippen LogP contribution in [0.15, 0.2) is 358 Å². The molecule has 2 amide bonds. The highest BCUT2D eigenvalue weighted by molar-refractivity contribution is 6.20. The smallest absolute Gasteiger partial charge is 0.348 e. The van der Waals surface area contributed by atoms with Crippen LogP contribution in [0.25, 0.3) is 38.0 Å². The van der Waals surface area contributed by atoms with Crippen molar-refractivity contribution in [3.8, 4) is 51.9 Å². The Morgan fingerprint density at radius 2 is 1.04 bits per heavy atom. The number of ether oxygens (including phenoxy) is 11. The summed E-state index contributed by atoms with van der Waals surface area (Å²) in [5.41, 5.74) is 10.1. The molecule has 142 heavy (non-hydrogen) atoms. The van der Waals surface area contributed by atoms with Gasteiger partial charge in [-0.25, -0.2) is 19.2 Å². The van der Waals surface area contributed by atoms with Crippen LogP contribution in [0.4, 0.5) is 0 Å². The van der Waals surface area contributed by atoms with Gasteiger partial charge in [0.15, 0.2) is 40.1 Å². The molecule has 2 aliphatic heterocycles. The van der Waals surface area contributed by atoms with Gasteiger partial charge in [-0.05, 0) is 176 Å². The lowest BCUT2D eigenvalue weighted by Crippen LogP contribution is -2.55. The Balaban J connectivity index is 0.000000144. The van der Waals surface area contributed by atoms with Crippen LogP contribution in [0.1, 0.15) is 91.4 Å². The van der Waals surface area contributed by atoms with E-state index in [1.165, 1.54) is 7.11 Å². The van der Waals surface area contributed by atoms with E-state index in [9.17, 15) is 44.1 Å². The number of esters is 1. The molecule has 6 N–H and O–H groups in total. The zero-order valence-corrected chi connectivity index (χ0v) is 79.7. The summed E-state index contributed by atoms with van der Waals surface area (Å²) in [7, 11) is 9.33. The normalized spacial score (nSPS) is 13.3. The van der Waals surface area contributed by atoms with Crippen molar-refractivity contribution in [2.24, 2.45) is 5.92 Å². The molecule has 4 heterocycles. The van der Waals surface area contributed by atoms with Crippen molar-refractivity contribution in [3.05, 3.63) is 430 Å². The molecule has 0 fully saturated rings. The van der Waals surface area contributed by atoms with Crippen LogP contribution in [-0.4, -0.2) is 140 Å². The third-order valence-corrected chi connectivity index (χ3v) is 25.1. The number of cyclic esters (lactones) is 1. The molecule has 0 radical (unpaired) electrons. The number of methoxy groups -OCH3 is 6. The third kappa shape index (κ3) is 23.5. The van der Waals surface area contributed by atoms with Crippen LogP contribution in [-0.2, 0) is 82.4 Å². The maximum Gasteiger partial charge on any atom is 0.348 e. The molecule has 25 heteroatoms. The van der Waals surface area contributed by atoms with E-state index in [4.69, 9.17) is 52.1 Å². The number of nitrogens with one attached hydrogen (secondary N) is 3. The van der Waals surface area contributed by atoms with Crippen molar-refractivity contribution in [2.45, 2.75) is 87.7 Å². The molecule has 0 spiro atoms. The summed E-state index contributed by atoms with van der Waals surface area (Å²) in [4.78, 5) is 81.5. The highest BCUT2D eigenvalue weighted by Crippen LogP contribution is 2.48. The summed E-state index contributed by atoms with van der Waals surface area (Å²) < 4.78 is 62.1. The highest BCUT2D eigenvalue weighted by Gasteiger charge is 2.50. The molecule has 0 saturated heterocycles. The monoisotopic (exact) mass is 1900 g/mol. The van der Waals surface area contributed by atoms with Crippen molar-refractivity contribution in [3.63, 3.8) is 0 Å². The minimum Gasteiger partial charge on any atom is -0.497 e. The predicted molar refractivity (Wildman–Crippen MR) is 542 cm³/mol. The molecule has 0 aliphatic carbocycles. The number of fused-ring (bicyclic) bond motifs is 4. The number of carboxylic acid groups (broad SMARTS) is 3. The number of hydrogen-bond acceptors (Lipinski definition) is 19. The van der Waals surface area contributed by atoms with Crippen LogP contribution in [0.3, 0.4) is 0 Å². The summed E-state index contributed by atoms with van der Waals surface area (Å²) in [6.45, 7) is 3.93. The minimum atomic E-state index is -1.49. The maximum atomic E-state index is 14.2. The van der Waals surface area contributed by atoms with Gasteiger partial charge >= 0.3 is 23.9 Å². The van der Waals surface area contributed by atoms with Crippen LogP contribution in [0.2, 0.25) is 0 Å². The van der Waals surface area contributed by atoms with Crippen molar-refractivity contribution in [1.82, 2.24) is 25.8 Å².